The molecule has 4 rings (SSSR count). The molecule has 0 radical (unpaired) electrons. The van der Waals surface area contributed by atoms with Gasteiger partial charge in [0.25, 0.3) is 0 Å². The molecule has 0 bridgehead atoms. The molecule has 7 nitrogen and oxygen atoms in total. The topological polar surface area (TPSA) is 97.1 Å². The SMILES string of the molecule is CCOC(=O)C1=C(N)OC2=C(C(=O)CCC2)[C@H]1c1ccc(OC)c(COc2ccc(C)cc2)c1. The molecule has 0 amide bonds. The van der Waals surface area contributed by atoms with Gasteiger partial charge in [-0.15, -0.1) is 0 Å². The Hall–Kier alpha value is -3.74. The van der Waals surface area contributed by atoms with Gasteiger partial charge < -0.3 is 24.7 Å². The highest BCUT2D eigenvalue weighted by molar-refractivity contribution is 6.03. The lowest BCUT2D eigenvalue weighted by Gasteiger charge is -2.32. The molecule has 1 aliphatic carbocycles. The first kappa shape index (κ1) is 23.4. The van der Waals surface area contributed by atoms with Crippen LogP contribution in [0.4, 0.5) is 0 Å². The molecule has 178 valence electrons. The molecule has 34 heavy (non-hydrogen) atoms. The van der Waals surface area contributed by atoms with Crippen LogP contribution in [0.5, 0.6) is 11.5 Å². The lowest BCUT2D eigenvalue weighted by molar-refractivity contribution is -0.139. The van der Waals surface area contributed by atoms with Crippen LogP contribution in [0.3, 0.4) is 0 Å². The maximum absolute atomic E-state index is 13.0. The van der Waals surface area contributed by atoms with Gasteiger partial charge >= 0.3 is 5.97 Å². The van der Waals surface area contributed by atoms with Crippen LogP contribution in [0.25, 0.3) is 0 Å². The molecule has 2 aliphatic rings. The first-order chi connectivity index (χ1) is 16.4. The molecule has 2 aromatic carbocycles. The van der Waals surface area contributed by atoms with E-state index in [4.69, 9.17) is 24.7 Å². The maximum Gasteiger partial charge on any atom is 0.340 e. The number of methoxy groups -OCH3 is 1. The highest BCUT2D eigenvalue weighted by Gasteiger charge is 2.41. The van der Waals surface area contributed by atoms with E-state index >= 15 is 0 Å². The van der Waals surface area contributed by atoms with Crippen molar-refractivity contribution in [1.82, 2.24) is 0 Å². The molecule has 0 fully saturated rings. The van der Waals surface area contributed by atoms with E-state index in [-0.39, 0.29) is 30.5 Å². The summed E-state index contributed by atoms with van der Waals surface area (Å²) in [5, 5.41) is 0. The Morgan fingerprint density at radius 1 is 1.15 bits per heavy atom. The number of ketones is 1. The Bertz CT molecular complexity index is 1160. The second-order valence-electron chi connectivity index (χ2n) is 8.32. The van der Waals surface area contributed by atoms with E-state index in [1.165, 1.54) is 0 Å². The number of Topliss-reactive ketones (excluding diaryl/α,β-unsaturated/α-hetero) is 1. The summed E-state index contributed by atoms with van der Waals surface area (Å²) in [5.74, 6) is 0.552. The van der Waals surface area contributed by atoms with Crippen molar-refractivity contribution >= 4 is 11.8 Å². The standard InChI is InChI=1S/C27H29NO6/c1-4-32-27(30)25-23(24-20(29)6-5-7-22(24)34-26(25)28)17-10-13-21(31-3)18(14-17)15-33-19-11-8-16(2)9-12-19/h8-14,23H,4-7,15,28H2,1-3H3/t23-/m1/s1. The van der Waals surface area contributed by atoms with E-state index in [0.29, 0.717) is 36.3 Å². The summed E-state index contributed by atoms with van der Waals surface area (Å²) in [7, 11) is 1.59. The molecule has 0 aromatic heterocycles. The Morgan fingerprint density at radius 3 is 2.62 bits per heavy atom. The predicted octanol–water partition coefficient (Wildman–Crippen LogP) is 4.44. The fraction of sp³-hybridized carbons (Fsp3) is 0.333. The summed E-state index contributed by atoms with van der Waals surface area (Å²) in [6, 6.07) is 13.3. The first-order valence-electron chi connectivity index (χ1n) is 11.4. The van der Waals surface area contributed by atoms with Crippen molar-refractivity contribution in [3.63, 3.8) is 0 Å². The third-order valence-electron chi connectivity index (χ3n) is 6.03. The number of carbonyl (C=O) groups is 2. The number of allylic oxidation sites excluding steroid dienone is 2. The van der Waals surface area contributed by atoms with Gasteiger partial charge in [-0.1, -0.05) is 23.8 Å². The smallest absolute Gasteiger partial charge is 0.340 e. The number of carbonyl (C=O) groups excluding carboxylic acids is 2. The summed E-state index contributed by atoms with van der Waals surface area (Å²) in [6.45, 7) is 4.16. The Labute approximate surface area is 199 Å². The molecule has 1 atom stereocenters. The van der Waals surface area contributed by atoms with Gasteiger partial charge in [-0.3, -0.25) is 4.79 Å². The van der Waals surface area contributed by atoms with Gasteiger partial charge in [0.2, 0.25) is 5.88 Å². The van der Waals surface area contributed by atoms with Crippen molar-refractivity contribution in [2.24, 2.45) is 5.73 Å². The van der Waals surface area contributed by atoms with Crippen LogP contribution in [0.15, 0.2) is 65.3 Å². The van der Waals surface area contributed by atoms with Crippen molar-refractivity contribution in [1.29, 1.82) is 0 Å². The second kappa shape index (κ2) is 10.0. The monoisotopic (exact) mass is 463 g/mol. The molecule has 1 aliphatic heterocycles. The summed E-state index contributed by atoms with van der Waals surface area (Å²) in [6.07, 6.45) is 1.67. The normalized spacial score (nSPS) is 17.7. The number of rotatable bonds is 7. The quantitative estimate of drug-likeness (QED) is 0.607. The fourth-order valence-electron chi connectivity index (χ4n) is 4.38. The van der Waals surface area contributed by atoms with Crippen molar-refractivity contribution < 1.29 is 28.5 Å². The minimum absolute atomic E-state index is 0.0230. The molecule has 0 spiro atoms. The molecule has 0 saturated carbocycles. The molecular weight excluding hydrogens is 434 g/mol. The number of ether oxygens (including phenoxy) is 4. The number of aryl methyl sites for hydroxylation is 1. The lowest BCUT2D eigenvalue weighted by atomic mass is 9.77. The molecule has 0 unspecified atom stereocenters. The van der Waals surface area contributed by atoms with Gasteiger partial charge in [0.1, 0.15) is 29.4 Å². The van der Waals surface area contributed by atoms with Crippen LogP contribution in [-0.2, 0) is 25.7 Å². The number of nitrogens with two attached hydrogens (primary N) is 1. The molecular formula is C27H29NO6. The fourth-order valence-corrected chi connectivity index (χ4v) is 4.38. The van der Waals surface area contributed by atoms with Gasteiger partial charge in [0, 0.05) is 24.0 Å². The molecule has 0 saturated heterocycles. The van der Waals surface area contributed by atoms with Gasteiger partial charge in [-0.2, -0.15) is 0 Å². The minimum Gasteiger partial charge on any atom is -0.496 e. The zero-order valence-corrected chi connectivity index (χ0v) is 19.7. The van der Waals surface area contributed by atoms with E-state index in [1.54, 1.807) is 14.0 Å². The van der Waals surface area contributed by atoms with E-state index < -0.39 is 11.9 Å². The first-order valence-corrected chi connectivity index (χ1v) is 11.4. The van der Waals surface area contributed by atoms with Crippen LogP contribution in [0.2, 0.25) is 0 Å². The van der Waals surface area contributed by atoms with E-state index in [2.05, 4.69) is 0 Å². The highest BCUT2D eigenvalue weighted by Crippen LogP contribution is 2.44. The van der Waals surface area contributed by atoms with Crippen LogP contribution in [-0.4, -0.2) is 25.5 Å². The van der Waals surface area contributed by atoms with E-state index in [9.17, 15) is 9.59 Å². The zero-order valence-electron chi connectivity index (χ0n) is 19.7. The zero-order chi connectivity index (χ0) is 24.2. The Balaban J connectivity index is 1.75. The summed E-state index contributed by atoms with van der Waals surface area (Å²) in [5.41, 5.74) is 9.45. The highest BCUT2D eigenvalue weighted by atomic mass is 16.5. The minimum atomic E-state index is -0.681. The predicted molar refractivity (Wildman–Crippen MR) is 126 cm³/mol. The van der Waals surface area contributed by atoms with Gasteiger partial charge in [-0.05, 0) is 50.1 Å². The van der Waals surface area contributed by atoms with Crippen LogP contribution >= 0.6 is 0 Å². The largest absolute Gasteiger partial charge is 0.496 e. The van der Waals surface area contributed by atoms with Gasteiger partial charge in [-0.25, -0.2) is 4.79 Å². The van der Waals surface area contributed by atoms with Crippen LogP contribution in [0, 0.1) is 6.92 Å². The van der Waals surface area contributed by atoms with Crippen molar-refractivity contribution in [3.05, 3.63) is 81.9 Å². The van der Waals surface area contributed by atoms with E-state index in [1.807, 2.05) is 49.4 Å². The lowest BCUT2D eigenvalue weighted by Crippen LogP contribution is -2.31. The van der Waals surface area contributed by atoms with E-state index in [0.717, 1.165) is 22.4 Å². The number of esters is 1. The number of benzene rings is 2. The Kier molecular flexibility index (Phi) is 6.91. The third kappa shape index (κ3) is 4.64. The van der Waals surface area contributed by atoms with Crippen molar-refractivity contribution in [2.45, 2.75) is 45.6 Å². The van der Waals surface area contributed by atoms with Crippen molar-refractivity contribution in [2.75, 3.05) is 13.7 Å². The summed E-state index contributed by atoms with van der Waals surface area (Å²) >= 11 is 0. The van der Waals surface area contributed by atoms with Crippen molar-refractivity contribution in [3.8, 4) is 11.5 Å². The van der Waals surface area contributed by atoms with Gasteiger partial charge in [0.05, 0.1) is 19.6 Å². The molecule has 2 N–H and O–H groups in total. The maximum atomic E-state index is 13.0. The van der Waals surface area contributed by atoms with Crippen LogP contribution in [0.1, 0.15) is 48.8 Å². The number of hydrogen-bond donors (Lipinski definition) is 1. The average molecular weight is 464 g/mol. The number of hydrogen-bond acceptors (Lipinski definition) is 7. The van der Waals surface area contributed by atoms with Gasteiger partial charge in [0.15, 0.2) is 5.78 Å². The average Bonchev–Trinajstić information content (AvgIpc) is 2.83. The summed E-state index contributed by atoms with van der Waals surface area (Å²) in [4.78, 5) is 25.9. The molecule has 2 aromatic rings. The molecule has 1 heterocycles. The third-order valence-corrected chi connectivity index (χ3v) is 6.03. The van der Waals surface area contributed by atoms with Crippen LogP contribution < -0.4 is 15.2 Å². The summed E-state index contributed by atoms with van der Waals surface area (Å²) < 4.78 is 22.5. The molecule has 7 heteroatoms. The Morgan fingerprint density at radius 2 is 1.91 bits per heavy atom. The second-order valence-corrected chi connectivity index (χ2v) is 8.32.